The molecule has 0 bridgehead atoms. The molecule has 0 radical (unpaired) electrons. The Hall–Kier alpha value is -2.69. The summed E-state index contributed by atoms with van der Waals surface area (Å²) in [6.07, 6.45) is 3.50. The van der Waals surface area contributed by atoms with Gasteiger partial charge >= 0.3 is 11.4 Å². The van der Waals surface area contributed by atoms with Crippen molar-refractivity contribution < 1.29 is 4.42 Å². The molecule has 3 rings (SSSR count). The molecule has 0 saturated carbocycles. The first-order chi connectivity index (χ1) is 8.77. The topological polar surface area (TPSA) is 76.0 Å². The van der Waals surface area contributed by atoms with E-state index >= 15 is 0 Å². The van der Waals surface area contributed by atoms with Gasteiger partial charge in [-0.05, 0) is 24.3 Å². The summed E-state index contributed by atoms with van der Waals surface area (Å²) >= 11 is 0. The second-order valence-electron chi connectivity index (χ2n) is 3.37. The molecule has 2 aromatic heterocycles. The first-order valence-electron chi connectivity index (χ1n) is 5.24. The van der Waals surface area contributed by atoms with Crippen molar-refractivity contribution in [1.82, 2.24) is 9.97 Å². The van der Waals surface area contributed by atoms with Crippen molar-refractivity contribution in [2.24, 2.45) is 0 Å². The number of aromatic amines is 1. The van der Waals surface area contributed by atoms with E-state index in [2.05, 4.69) is 14.4 Å². The molecule has 2 heterocycles. The Morgan fingerprint density at radius 3 is 2.28 bits per heavy atom. The van der Waals surface area contributed by atoms with Crippen LogP contribution in [0.3, 0.4) is 0 Å². The van der Waals surface area contributed by atoms with Crippen molar-refractivity contribution in [2.75, 3.05) is 0 Å². The zero-order chi connectivity index (χ0) is 12.8. The van der Waals surface area contributed by atoms with Crippen molar-refractivity contribution in [1.29, 1.82) is 0 Å². The van der Waals surface area contributed by atoms with E-state index in [4.69, 9.17) is 0 Å². The Morgan fingerprint density at radius 1 is 0.944 bits per heavy atom. The van der Waals surface area contributed by atoms with E-state index in [0.29, 0.717) is 10.9 Å². The minimum atomic E-state index is -0.723. The SMILES string of the molecule is O=c1[nH]c2ccccc2c(=O)o1.c1ccncc1. The van der Waals surface area contributed by atoms with Crippen molar-refractivity contribution >= 4 is 10.9 Å². The summed E-state index contributed by atoms with van der Waals surface area (Å²) in [5, 5.41) is 0.386. The van der Waals surface area contributed by atoms with Gasteiger partial charge in [-0.2, -0.15) is 0 Å². The molecule has 1 aromatic carbocycles. The number of hydrogen-bond donors (Lipinski definition) is 1. The molecule has 5 heteroatoms. The standard InChI is InChI=1S/C8H5NO3.C5H5N/c10-7-5-3-1-2-4-6(5)9-8(11)12-7;1-2-4-6-5-3-1/h1-4H,(H,9,11);1-5H. The molecule has 0 spiro atoms. The second kappa shape index (κ2) is 5.58. The van der Waals surface area contributed by atoms with Crippen LogP contribution in [0.15, 0.2) is 68.9 Å². The first kappa shape index (κ1) is 11.8. The minimum absolute atomic E-state index is 0.386. The third-order valence-electron chi connectivity index (χ3n) is 2.14. The number of para-hydroxylation sites is 1. The van der Waals surface area contributed by atoms with Crippen LogP contribution in [-0.2, 0) is 0 Å². The lowest BCUT2D eigenvalue weighted by molar-refractivity contribution is 0.460. The predicted molar refractivity (Wildman–Crippen MR) is 67.3 cm³/mol. The molecule has 1 N–H and O–H groups in total. The van der Waals surface area contributed by atoms with E-state index < -0.39 is 11.4 Å². The lowest BCUT2D eigenvalue weighted by atomic mass is 10.2. The van der Waals surface area contributed by atoms with Crippen LogP contribution in [0.4, 0.5) is 0 Å². The lowest BCUT2D eigenvalue weighted by Gasteiger charge is -1.91. The fourth-order valence-corrected chi connectivity index (χ4v) is 1.36. The van der Waals surface area contributed by atoms with Gasteiger partial charge in [0.1, 0.15) is 0 Å². The minimum Gasteiger partial charge on any atom is -0.372 e. The van der Waals surface area contributed by atoms with Crippen LogP contribution >= 0.6 is 0 Å². The highest BCUT2D eigenvalue weighted by molar-refractivity contribution is 5.76. The van der Waals surface area contributed by atoms with Crippen LogP contribution < -0.4 is 11.4 Å². The molecule has 0 unspecified atom stereocenters. The highest BCUT2D eigenvalue weighted by Crippen LogP contribution is 2.01. The third-order valence-corrected chi connectivity index (χ3v) is 2.14. The molecule has 18 heavy (non-hydrogen) atoms. The van der Waals surface area contributed by atoms with Crippen LogP contribution in [0, 0.1) is 0 Å². The highest BCUT2D eigenvalue weighted by Gasteiger charge is 1.98. The van der Waals surface area contributed by atoms with E-state index in [0.717, 1.165) is 0 Å². The molecule has 0 saturated heterocycles. The number of fused-ring (bicyclic) bond motifs is 1. The van der Waals surface area contributed by atoms with E-state index in [-0.39, 0.29) is 0 Å². The smallest absolute Gasteiger partial charge is 0.372 e. The largest absolute Gasteiger partial charge is 0.419 e. The second-order valence-corrected chi connectivity index (χ2v) is 3.37. The van der Waals surface area contributed by atoms with Gasteiger partial charge in [-0.3, -0.25) is 9.97 Å². The van der Waals surface area contributed by atoms with Crippen LogP contribution in [0.2, 0.25) is 0 Å². The van der Waals surface area contributed by atoms with Gasteiger partial charge in [0.25, 0.3) is 0 Å². The number of hydrogen-bond acceptors (Lipinski definition) is 4. The number of nitrogens with one attached hydrogen (secondary N) is 1. The number of pyridine rings is 1. The molecular formula is C13H10N2O3. The van der Waals surface area contributed by atoms with Crippen molar-refractivity contribution in [3.8, 4) is 0 Å². The quantitative estimate of drug-likeness (QED) is 0.649. The Morgan fingerprint density at radius 2 is 1.67 bits per heavy atom. The summed E-state index contributed by atoms with van der Waals surface area (Å²) in [6, 6.07) is 12.4. The van der Waals surface area contributed by atoms with Gasteiger partial charge in [-0.15, -0.1) is 0 Å². The fraction of sp³-hybridized carbons (Fsp3) is 0. The number of nitrogens with zero attached hydrogens (tertiary/aromatic N) is 1. The van der Waals surface area contributed by atoms with E-state index in [9.17, 15) is 9.59 Å². The predicted octanol–water partition coefficient (Wildman–Crippen LogP) is 1.56. The van der Waals surface area contributed by atoms with Gasteiger partial charge < -0.3 is 4.42 Å². The van der Waals surface area contributed by atoms with E-state index in [1.54, 1.807) is 36.7 Å². The molecule has 3 aromatic rings. The van der Waals surface area contributed by atoms with Gasteiger partial charge in [0.2, 0.25) is 0 Å². The maximum atomic E-state index is 11.0. The molecule has 0 aliphatic heterocycles. The summed E-state index contributed by atoms with van der Waals surface area (Å²) in [6.45, 7) is 0. The van der Waals surface area contributed by atoms with Crippen molar-refractivity contribution in [2.45, 2.75) is 0 Å². The number of benzene rings is 1. The van der Waals surface area contributed by atoms with Gasteiger partial charge in [0.15, 0.2) is 0 Å². The Labute approximate surface area is 102 Å². The average Bonchev–Trinajstić information content (AvgIpc) is 2.41. The normalized spacial score (nSPS) is 9.56. The first-order valence-corrected chi connectivity index (χ1v) is 5.24. The third kappa shape index (κ3) is 2.91. The van der Waals surface area contributed by atoms with Gasteiger partial charge in [-0.25, -0.2) is 9.59 Å². The molecule has 0 amide bonds. The van der Waals surface area contributed by atoms with Crippen LogP contribution in [-0.4, -0.2) is 9.97 Å². The van der Waals surface area contributed by atoms with Gasteiger partial charge in [0, 0.05) is 12.4 Å². The maximum Gasteiger partial charge on any atom is 0.419 e. The van der Waals surface area contributed by atoms with Crippen LogP contribution in [0.25, 0.3) is 10.9 Å². The van der Waals surface area contributed by atoms with Gasteiger partial charge in [-0.1, -0.05) is 18.2 Å². The van der Waals surface area contributed by atoms with E-state index in [1.165, 1.54) is 0 Å². The summed E-state index contributed by atoms with van der Waals surface area (Å²) in [7, 11) is 0. The Kier molecular flexibility index (Phi) is 3.66. The summed E-state index contributed by atoms with van der Waals surface area (Å²) in [5.74, 6) is -0.723. The zero-order valence-corrected chi connectivity index (χ0v) is 9.37. The van der Waals surface area contributed by atoms with Crippen LogP contribution in [0.1, 0.15) is 0 Å². The Bertz CT molecular complexity index is 705. The number of rotatable bonds is 0. The number of H-pyrrole nitrogens is 1. The Balaban J connectivity index is 0.000000169. The monoisotopic (exact) mass is 242 g/mol. The van der Waals surface area contributed by atoms with Gasteiger partial charge in [0.05, 0.1) is 10.9 Å². The highest BCUT2D eigenvalue weighted by atomic mass is 16.4. The summed E-state index contributed by atoms with van der Waals surface area (Å²) in [4.78, 5) is 27.9. The lowest BCUT2D eigenvalue weighted by Crippen LogP contribution is -2.13. The molecule has 5 nitrogen and oxygen atoms in total. The molecule has 0 aliphatic carbocycles. The molecule has 0 aliphatic rings. The summed E-state index contributed by atoms with van der Waals surface area (Å²) in [5.41, 5.74) is -0.104. The number of aromatic nitrogens is 2. The molecule has 0 atom stereocenters. The maximum absolute atomic E-state index is 11.0. The zero-order valence-electron chi connectivity index (χ0n) is 9.37. The van der Waals surface area contributed by atoms with Crippen molar-refractivity contribution in [3.05, 3.63) is 75.8 Å². The molecular weight excluding hydrogens is 232 g/mol. The molecule has 0 fully saturated rings. The van der Waals surface area contributed by atoms with Crippen molar-refractivity contribution in [3.63, 3.8) is 0 Å². The summed E-state index contributed by atoms with van der Waals surface area (Å²) < 4.78 is 4.32. The average molecular weight is 242 g/mol. The van der Waals surface area contributed by atoms with Crippen LogP contribution in [0.5, 0.6) is 0 Å². The van der Waals surface area contributed by atoms with E-state index in [1.807, 2.05) is 18.2 Å². The fourth-order valence-electron chi connectivity index (χ4n) is 1.36. The molecule has 90 valence electrons.